The van der Waals surface area contributed by atoms with Crippen LogP contribution in [0.3, 0.4) is 0 Å². The Kier molecular flexibility index (Phi) is 3.87. The molecule has 1 amide bonds. The molecule has 1 aromatic heterocycles. The normalized spacial score (nSPS) is 23.5. The summed E-state index contributed by atoms with van der Waals surface area (Å²) in [5, 5.41) is 7.94. The lowest BCUT2D eigenvalue weighted by Gasteiger charge is -2.30. The highest BCUT2D eigenvalue weighted by molar-refractivity contribution is 7.07. The van der Waals surface area contributed by atoms with E-state index in [9.17, 15) is 9.59 Å². The van der Waals surface area contributed by atoms with Crippen LogP contribution in [-0.4, -0.2) is 24.0 Å². The van der Waals surface area contributed by atoms with Crippen molar-refractivity contribution in [2.24, 2.45) is 11.3 Å². The summed E-state index contributed by atoms with van der Waals surface area (Å²) in [6.07, 6.45) is 0.872. The van der Waals surface area contributed by atoms with Gasteiger partial charge in [0, 0.05) is 17.6 Å². The predicted octanol–water partition coefficient (Wildman–Crippen LogP) is 0.688. The molecular formula is C12H19N3O2S. The Balaban J connectivity index is 2.00. The van der Waals surface area contributed by atoms with E-state index in [1.54, 1.807) is 5.38 Å². The van der Waals surface area contributed by atoms with E-state index in [1.807, 2.05) is 0 Å². The molecule has 2 rings (SSSR count). The van der Waals surface area contributed by atoms with Crippen LogP contribution in [0.5, 0.6) is 0 Å². The first-order valence-electron chi connectivity index (χ1n) is 6.20. The molecule has 5 nitrogen and oxygen atoms in total. The molecule has 0 aromatic carbocycles. The van der Waals surface area contributed by atoms with E-state index < -0.39 is 0 Å². The summed E-state index contributed by atoms with van der Waals surface area (Å²) < 4.78 is 0. The number of amides is 1. The summed E-state index contributed by atoms with van der Waals surface area (Å²) >= 11 is 1.12. The molecule has 1 atom stereocenters. The van der Waals surface area contributed by atoms with Gasteiger partial charge in [0.25, 0.3) is 0 Å². The molecule has 2 heterocycles. The molecule has 1 unspecified atom stereocenters. The van der Waals surface area contributed by atoms with Gasteiger partial charge in [0.15, 0.2) is 0 Å². The highest BCUT2D eigenvalue weighted by atomic mass is 32.1. The maximum absolute atomic E-state index is 12.3. The largest absolute Gasteiger partial charge is 0.350 e. The van der Waals surface area contributed by atoms with Gasteiger partial charge in [-0.05, 0) is 18.9 Å². The average molecular weight is 269 g/mol. The summed E-state index contributed by atoms with van der Waals surface area (Å²) in [7, 11) is 0. The van der Waals surface area contributed by atoms with Crippen LogP contribution in [-0.2, 0) is 11.3 Å². The molecule has 1 saturated heterocycles. The van der Waals surface area contributed by atoms with Gasteiger partial charge in [-0.25, -0.2) is 0 Å². The lowest BCUT2D eigenvalue weighted by atomic mass is 9.75. The number of carbonyl (C=O) groups is 1. The summed E-state index contributed by atoms with van der Waals surface area (Å²) in [5.41, 5.74) is 0.458. The molecule has 0 aliphatic carbocycles. The van der Waals surface area contributed by atoms with Crippen molar-refractivity contribution in [3.8, 4) is 0 Å². The Morgan fingerprint density at radius 3 is 2.89 bits per heavy atom. The van der Waals surface area contributed by atoms with Crippen molar-refractivity contribution < 1.29 is 4.79 Å². The molecule has 1 fully saturated rings. The zero-order valence-corrected chi connectivity index (χ0v) is 11.5. The van der Waals surface area contributed by atoms with Gasteiger partial charge in [-0.2, -0.15) is 0 Å². The minimum absolute atomic E-state index is 0.0783. The Bertz CT molecular complexity index is 472. The monoisotopic (exact) mass is 269 g/mol. The van der Waals surface area contributed by atoms with Gasteiger partial charge >= 0.3 is 4.87 Å². The van der Waals surface area contributed by atoms with Crippen LogP contribution in [0.1, 0.15) is 26.0 Å². The van der Waals surface area contributed by atoms with E-state index in [-0.39, 0.29) is 16.2 Å². The van der Waals surface area contributed by atoms with E-state index >= 15 is 0 Å². The smallest absolute Gasteiger partial charge is 0.304 e. The molecule has 1 aliphatic rings. The van der Waals surface area contributed by atoms with Crippen molar-refractivity contribution in [3.63, 3.8) is 0 Å². The SMILES string of the molecule is CC(C)C1(C(=O)NCc2csc(=O)[nH]2)CCNC1. The first-order chi connectivity index (χ1) is 8.54. The van der Waals surface area contributed by atoms with Crippen LogP contribution in [0.4, 0.5) is 0 Å². The van der Waals surface area contributed by atoms with Crippen molar-refractivity contribution in [2.75, 3.05) is 13.1 Å². The highest BCUT2D eigenvalue weighted by Crippen LogP contribution is 2.34. The molecule has 0 radical (unpaired) electrons. The van der Waals surface area contributed by atoms with Gasteiger partial charge in [0.1, 0.15) is 0 Å². The van der Waals surface area contributed by atoms with E-state index in [0.717, 1.165) is 36.5 Å². The Labute approximate surface area is 110 Å². The van der Waals surface area contributed by atoms with Crippen molar-refractivity contribution >= 4 is 17.2 Å². The first-order valence-corrected chi connectivity index (χ1v) is 7.08. The molecule has 3 N–H and O–H groups in total. The molecule has 0 spiro atoms. The van der Waals surface area contributed by atoms with Crippen LogP contribution in [0, 0.1) is 11.3 Å². The van der Waals surface area contributed by atoms with Crippen LogP contribution >= 0.6 is 11.3 Å². The van der Waals surface area contributed by atoms with Crippen LogP contribution in [0.15, 0.2) is 10.2 Å². The molecule has 1 aliphatic heterocycles. The number of carbonyl (C=O) groups excluding carboxylic acids is 1. The molecule has 6 heteroatoms. The predicted molar refractivity (Wildman–Crippen MR) is 71.5 cm³/mol. The lowest BCUT2D eigenvalue weighted by molar-refractivity contribution is -0.132. The Morgan fingerprint density at radius 1 is 1.61 bits per heavy atom. The van der Waals surface area contributed by atoms with Crippen molar-refractivity contribution in [3.05, 3.63) is 20.7 Å². The van der Waals surface area contributed by atoms with Gasteiger partial charge in [-0.15, -0.1) is 0 Å². The van der Waals surface area contributed by atoms with Gasteiger partial charge in [-0.1, -0.05) is 25.2 Å². The topological polar surface area (TPSA) is 74.0 Å². The molecule has 100 valence electrons. The van der Waals surface area contributed by atoms with Crippen molar-refractivity contribution in [1.82, 2.24) is 15.6 Å². The maximum Gasteiger partial charge on any atom is 0.304 e. The number of hydrogen-bond donors (Lipinski definition) is 3. The average Bonchev–Trinajstić information content (AvgIpc) is 2.95. The molecule has 1 aromatic rings. The van der Waals surface area contributed by atoms with Crippen molar-refractivity contribution in [2.45, 2.75) is 26.8 Å². The molecule has 0 saturated carbocycles. The van der Waals surface area contributed by atoms with Gasteiger partial charge in [0.05, 0.1) is 12.0 Å². The van der Waals surface area contributed by atoms with E-state index in [0.29, 0.717) is 12.5 Å². The van der Waals surface area contributed by atoms with Gasteiger partial charge < -0.3 is 15.6 Å². The fraction of sp³-hybridized carbons (Fsp3) is 0.667. The summed E-state index contributed by atoms with van der Waals surface area (Å²) in [6.45, 7) is 6.18. The minimum atomic E-state index is -0.309. The highest BCUT2D eigenvalue weighted by Gasteiger charge is 2.43. The standard InChI is InChI=1S/C12H19N3O2S/c1-8(2)12(3-4-13-7-12)10(16)14-5-9-6-18-11(17)15-9/h6,8,13H,3-5,7H2,1-2H3,(H,14,16)(H,15,17). The Morgan fingerprint density at radius 2 is 2.39 bits per heavy atom. The summed E-state index contributed by atoms with van der Waals surface area (Å²) in [4.78, 5) is 26.0. The third-order valence-electron chi connectivity index (χ3n) is 3.76. The van der Waals surface area contributed by atoms with Crippen LogP contribution < -0.4 is 15.5 Å². The zero-order valence-electron chi connectivity index (χ0n) is 10.7. The second-order valence-corrected chi connectivity index (χ2v) is 5.94. The third-order valence-corrected chi connectivity index (χ3v) is 4.47. The number of aromatic amines is 1. The van der Waals surface area contributed by atoms with E-state index in [4.69, 9.17) is 0 Å². The first kappa shape index (κ1) is 13.3. The Hall–Kier alpha value is -1.14. The summed E-state index contributed by atoms with van der Waals surface area (Å²) in [6, 6.07) is 0. The third kappa shape index (κ3) is 2.49. The zero-order chi connectivity index (χ0) is 13.2. The van der Waals surface area contributed by atoms with E-state index in [1.165, 1.54) is 0 Å². The number of nitrogens with one attached hydrogen (secondary N) is 3. The van der Waals surface area contributed by atoms with Gasteiger partial charge in [-0.3, -0.25) is 9.59 Å². The number of H-pyrrole nitrogens is 1. The molecule has 0 bridgehead atoms. The number of aromatic nitrogens is 1. The van der Waals surface area contributed by atoms with Crippen LogP contribution in [0.25, 0.3) is 0 Å². The lowest BCUT2D eigenvalue weighted by Crippen LogP contribution is -2.45. The molecule has 18 heavy (non-hydrogen) atoms. The van der Waals surface area contributed by atoms with Crippen molar-refractivity contribution in [1.29, 1.82) is 0 Å². The van der Waals surface area contributed by atoms with E-state index in [2.05, 4.69) is 29.5 Å². The number of rotatable bonds is 4. The minimum Gasteiger partial charge on any atom is -0.350 e. The second-order valence-electron chi connectivity index (χ2n) is 5.09. The van der Waals surface area contributed by atoms with Gasteiger partial charge in [0.2, 0.25) is 5.91 Å². The number of hydrogen-bond acceptors (Lipinski definition) is 4. The summed E-state index contributed by atoms with van der Waals surface area (Å²) in [5.74, 6) is 0.378. The number of thiazole rings is 1. The second kappa shape index (κ2) is 5.24. The fourth-order valence-electron chi connectivity index (χ4n) is 2.41. The van der Waals surface area contributed by atoms with Crippen LogP contribution in [0.2, 0.25) is 0 Å². The fourth-order valence-corrected chi connectivity index (χ4v) is 2.99. The quantitative estimate of drug-likeness (QED) is 0.753. The molecular weight excluding hydrogens is 250 g/mol. The maximum atomic E-state index is 12.3.